The summed E-state index contributed by atoms with van der Waals surface area (Å²) in [5.41, 5.74) is 0. The maximum Gasteiger partial charge on any atom is 0.310 e. The van der Waals surface area contributed by atoms with Crippen LogP contribution in [0.1, 0.15) is 19.3 Å². The third kappa shape index (κ3) is 4.66. The zero-order valence-corrected chi connectivity index (χ0v) is 14.4. The number of carboxylic acids is 1. The van der Waals surface area contributed by atoms with Gasteiger partial charge in [-0.2, -0.15) is 0 Å². The van der Waals surface area contributed by atoms with E-state index >= 15 is 0 Å². The van der Waals surface area contributed by atoms with Gasteiger partial charge in [-0.3, -0.25) is 14.5 Å². The molecule has 3 heterocycles. The standard InChI is InChI=1S/C17H25N5O3/c23-15(13-20-7-2-1-3-8-20)21-9-10-22(12-14(11-21)16(24)25)17-18-5-4-6-19-17/h4-6,14H,1-3,7-13H2,(H,24,25)/t14-/m0/s1. The smallest absolute Gasteiger partial charge is 0.310 e. The van der Waals surface area contributed by atoms with Crippen LogP contribution in [0.2, 0.25) is 0 Å². The topological polar surface area (TPSA) is 89.9 Å². The molecular formula is C17H25N5O3. The van der Waals surface area contributed by atoms with E-state index in [2.05, 4.69) is 14.9 Å². The van der Waals surface area contributed by atoms with Gasteiger partial charge in [-0.15, -0.1) is 0 Å². The molecule has 1 amide bonds. The fourth-order valence-electron chi connectivity index (χ4n) is 3.44. The van der Waals surface area contributed by atoms with E-state index in [1.807, 2.05) is 4.90 Å². The predicted molar refractivity (Wildman–Crippen MR) is 92.2 cm³/mol. The van der Waals surface area contributed by atoms with E-state index in [1.54, 1.807) is 23.4 Å². The van der Waals surface area contributed by atoms with E-state index in [-0.39, 0.29) is 12.5 Å². The molecule has 1 aromatic heterocycles. The molecule has 0 unspecified atom stereocenters. The first-order valence-corrected chi connectivity index (χ1v) is 8.88. The van der Waals surface area contributed by atoms with Crippen LogP contribution in [0.5, 0.6) is 0 Å². The van der Waals surface area contributed by atoms with Crippen molar-refractivity contribution in [1.82, 2.24) is 19.8 Å². The van der Waals surface area contributed by atoms with Crippen molar-refractivity contribution < 1.29 is 14.7 Å². The van der Waals surface area contributed by atoms with Gasteiger partial charge in [0, 0.05) is 38.6 Å². The Morgan fingerprint density at radius 1 is 1.04 bits per heavy atom. The van der Waals surface area contributed by atoms with Gasteiger partial charge in [0.25, 0.3) is 0 Å². The molecular weight excluding hydrogens is 322 g/mol. The summed E-state index contributed by atoms with van der Waals surface area (Å²) in [4.78, 5) is 38.4. The van der Waals surface area contributed by atoms with Crippen LogP contribution in [0.15, 0.2) is 18.5 Å². The molecule has 0 bridgehead atoms. The molecule has 1 N–H and O–H groups in total. The van der Waals surface area contributed by atoms with Gasteiger partial charge >= 0.3 is 5.97 Å². The maximum atomic E-state index is 12.7. The Balaban J connectivity index is 1.66. The predicted octanol–water partition coefficient (Wildman–Crippen LogP) is 0.312. The SMILES string of the molecule is O=C(O)[C@H]1CN(C(=O)CN2CCCCC2)CCN(c2ncccn2)C1. The number of carboxylic acid groups (broad SMARTS) is 1. The van der Waals surface area contributed by atoms with Crippen molar-refractivity contribution >= 4 is 17.8 Å². The van der Waals surface area contributed by atoms with Gasteiger partial charge in [-0.1, -0.05) is 6.42 Å². The van der Waals surface area contributed by atoms with Crippen LogP contribution < -0.4 is 4.90 Å². The van der Waals surface area contributed by atoms with E-state index < -0.39 is 11.9 Å². The number of nitrogens with zero attached hydrogens (tertiary/aromatic N) is 5. The number of carbonyl (C=O) groups excluding carboxylic acids is 1. The van der Waals surface area contributed by atoms with Crippen molar-refractivity contribution in [1.29, 1.82) is 0 Å². The molecule has 2 aliphatic heterocycles. The summed E-state index contributed by atoms with van der Waals surface area (Å²) in [7, 11) is 0. The molecule has 25 heavy (non-hydrogen) atoms. The number of aromatic nitrogens is 2. The number of rotatable bonds is 4. The van der Waals surface area contributed by atoms with E-state index in [4.69, 9.17) is 0 Å². The quantitative estimate of drug-likeness (QED) is 0.838. The van der Waals surface area contributed by atoms with Crippen molar-refractivity contribution in [3.63, 3.8) is 0 Å². The number of hydrogen-bond donors (Lipinski definition) is 1. The number of aliphatic carboxylic acids is 1. The number of amides is 1. The molecule has 0 aromatic carbocycles. The summed E-state index contributed by atoms with van der Waals surface area (Å²) in [6.07, 6.45) is 6.76. The number of hydrogen-bond acceptors (Lipinski definition) is 6. The molecule has 2 saturated heterocycles. The molecule has 2 aliphatic rings. The Kier molecular flexibility index (Phi) is 5.80. The summed E-state index contributed by atoms with van der Waals surface area (Å²) >= 11 is 0. The fourth-order valence-corrected chi connectivity index (χ4v) is 3.44. The third-order valence-corrected chi connectivity index (χ3v) is 4.87. The van der Waals surface area contributed by atoms with Gasteiger partial charge in [-0.05, 0) is 32.0 Å². The number of piperidine rings is 1. The zero-order valence-electron chi connectivity index (χ0n) is 14.4. The minimum atomic E-state index is -0.890. The fraction of sp³-hybridized carbons (Fsp3) is 0.647. The van der Waals surface area contributed by atoms with Gasteiger partial charge < -0.3 is 14.9 Å². The highest BCUT2D eigenvalue weighted by Crippen LogP contribution is 2.16. The van der Waals surface area contributed by atoms with E-state index in [0.717, 1.165) is 25.9 Å². The third-order valence-electron chi connectivity index (χ3n) is 4.87. The van der Waals surface area contributed by atoms with Crippen LogP contribution in [0.25, 0.3) is 0 Å². The minimum absolute atomic E-state index is 0.0176. The highest BCUT2D eigenvalue weighted by Gasteiger charge is 2.31. The first kappa shape index (κ1) is 17.6. The lowest BCUT2D eigenvalue weighted by Gasteiger charge is -2.29. The van der Waals surface area contributed by atoms with Crippen molar-refractivity contribution in [2.75, 3.05) is 50.7 Å². The van der Waals surface area contributed by atoms with Crippen molar-refractivity contribution in [3.05, 3.63) is 18.5 Å². The first-order chi connectivity index (χ1) is 12.1. The van der Waals surface area contributed by atoms with Crippen molar-refractivity contribution in [3.8, 4) is 0 Å². The number of carbonyl (C=O) groups is 2. The highest BCUT2D eigenvalue weighted by molar-refractivity contribution is 5.80. The molecule has 8 heteroatoms. The van der Waals surface area contributed by atoms with Crippen LogP contribution in [0.3, 0.4) is 0 Å². The molecule has 1 aromatic rings. The summed E-state index contributed by atoms with van der Waals surface area (Å²) in [5, 5.41) is 9.53. The van der Waals surface area contributed by atoms with Crippen LogP contribution in [-0.2, 0) is 9.59 Å². The van der Waals surface area contributed by atoms with Gasteiger partial charge in [0.15, 0.2) is 0 Å². The molecule has 3 rings (SSSR count). The van der Waals surface area contributed by atoms with Gasteiger partial charge in [-0.25, -0.2) is 9.97 Å². The lowest BCUT2D eigenvalue weighted by molar-refractivity contribution is -0.143. The maximum absolute atomic E-state index is 12.7. The molecule has 0 spiro atoms. The Hall–Kier alpha value is -2.22. The molecule has 1 atom stereocenters. The summed E-state index contributed by atoms with van der Waals surface area (Å²) in [6.45, 7) is 3.87. The second kappa shape index (κ2) is 8.24. The first-order valence-electron chi connectivity index (χ1n) is 8.88. The zero-order chi connectivity index (χ0) is 17.6. The van der Waals surface area contributed by atoms with Crippen molar-refractivity contribution in [2.24, 2.45) is 5.92 Å². The minimum Gasteiger partial charge on any atom is -0.481 e. The normalized spacial score (nSPS) is 22.5. The second-order valence-electron chi connectivity index (χ2n) is 6.71. The summed E-state index contributed by atoms with van der Waals surface area (Å²) in [5.74, 6) is -1.00. The molecule has 0 radical (unpaired) electrons. The summed E-state index contributed by atoms with van der Waals surface area (Å²) < 4.78 is 0. The highest BCUT2D eigenvalue weighted by atomic mass is 16.4. The molecule has 8 nitrogen and oxygen atoms in total. The van der Waals surface area contributed by atoms with Gasteiger partial charge in [0.2, 0.25) is 11.9 Å². The van der Waals surface area contributed by atoms with Crippen LogP contribution in [0.4, 0.5) is 5.95 Å². The summed E-state index contributed by atoms with van der Waals surface area (Å²) in [6, 6.07) is 1.73. The Morgan fingerprint density at radius 3 is 2.44 bits per heavy atom. The Morgan fingerprint density at radius 2 is 1.76 bits per heavy atom. The molecule has 0 saturated carbocycles. The Bertz CT molecular complexity index is 591. The van der Waals surface area contributed by atoms with Crippen molar-refractivity contribution in [2.45, 2.75) is 19.3 Å². The van der Waals surface area contributed by atoms with Crippen LogP contribution in [-0.4, -0.2) is 82.6 Å². The lowest BCUT2D eigenvalue weighted by atomic mass is 10.1. The van der Waals surface area contributed by atoms with E-state index in [0.29, 0.717) is 32.1 Å². The van der Waals surface area contributed by atoms with Crippen LogP contribution >= 0.6 is 0 Å². The second-order valence-corrected chi connectivity index (χ2v) is 6.71. The van der Waals surface area contributed by atoms with Gasteiger partial charge in [0.05, 0.1) is 12.5 Å². The largest absolute Gasteiger partial charge is 0.481 e. The Labute approximate surface area is 147 Å². The van der Waals surface area contributed by atoms with Crippen LogP contribution in [0, 0.1) is 5.92 Å². The number of anilines is 1. The van der Waals surface area contributed by atoms with Gasteiger partial charge in [0.1, 0.15) is 0 Å². The average molecular weight is 347 g/mol. The number of likely N-dealkylation sites (tertiary alicyclic amines) is 1. The van der Waals surface area contributed by atoms with E-state index in [1.165, 1.54) is 6.42 Å². The average Bonchev–Trinajstić information content (AvgIpc) is 2.87. The monoisotopic (exact) mass is 347 g/mol. The molecule has 136 valence electrons. The molecule has 2 fully saturated rings. The molecule has 0 aliphatic carbocycles. The van der Waals surface area contributed by atoms with E-state index in [9.17, 15) is 14.7 Å². The lowest BCUT2D eigenvalue weighted by Crippen LogP contribution is -2.45.